The minimum Gasteiger partial charge on any atom is -0.362 e. The fourth-order valence-corrected chi connectivity index (χ4v) is 4.48. The van der Waals surface area contributed by atoms with Crippen LogP contribution in [0.5, 0.6) is 0 Å². The van der Waals surface area contributed by atoms with Crippen molar-refractivity contribution in [1.29, 1.82) is 0 Å². The molecule has 2 rings (SSSR count). The van der Waals surface area contributed by atoms with Gasteiger partial charge in [-0.2, -0.15) is 4.31 Å². The zero-order chi connectivity index (χ0) is 19.3. The molecular weight excluding hydrogens is 382 g/mol. The van der Waals surface area contributed by atoms with Crippen LogP contribution in [0.25, 0.3) is 0 Å². The predicted octanol–water partition coefficient (Wildman–Crippen LogP) is -0.320. The summed E-state index contributed by atoms with van der Waals surface area (Å²) in [5, 5.41) is 3.77. The summed E-state index contributed by atoms with van der Waals surface area (Å²) in [6.45, 7) is 2.93. The Bertz CT molecular complexity index is 736. The van der Waals surface area contributed by atoms with E-state index in [0.29, 0.717) is 18.2 Å². The molecule has 6 nitrogen and oxygen atoms in total. The predicted molar refractivity (Wildman–Crippen MR) is 99.6 cm³/mol. The molecule has 1 saturated heterocycles. The normalized spacial score (nSPS) is 16.1. The second-order valence-corrected chi connectivity index (χ2v) is 8.80. The van der Waals surface area contributed by atoms with Crippen molar-refractivity contribution in [2.24, 2.45) is 0 Å². The molecule has 0 amide bonds. The number of hydrogen-bond donors (Lipinski definition) is 2. The Kier molecular flexibility index (Phi) is 7.27. The fraction of sp³-hybridized carbons (Fsp3) is 0.562. The van der Waals surface area contributed by atoms with Gasteiger partial charge in [0, 0.05) is 39.1 Å². The highest BCUT2D eigenvalue weighted by molar-refractivity contribution is 7.89. The second-order valence-electron chi connectivity index (χ2n) is 6.51. The number of piperazine rings is 1. The van der Waals surface area contributed by atoms with Crippen molar-refractivity contribution < 1.29 is 22.1 Å². The number of nitrogens with one attached hydrogen (secondary N) is 2. The van der Waals surface area contributed by atoms with Crippen LogP contribution in [-0.2, 0) is 10.0 Å². The highest BCUT2D eigenvalue weighted by atomic mass is 32.2. The second kappa shape index (κ2) is 9.03. The molecule has 1 aliphatic heterocycles. The van der Waals surface area contributed by atoms with E-state index < -0.39 is 26.6 Å². The summed E-state index contributed by atoms with van der Waals surface area (Å²) >= 11 is 5.35. The fourth-order valence-electron chi connectivity index (χ4n) is 2.69. The van der Waals surface area contributed by atoms with Gasteiger partial charge in [0.2, 0.25) is 10.0 Å². The molecule has 0 aromatic heterocycles. The van der Waals surface area contributed by atoms with Crippen LogP contribution in [0.15, 0.2) is 23.1 Å². The lowest BCUT2D eigenvalue weighted by molar-refractivity contribution is -0.858. The van der Waals surface area contributed by atoms with Crippen LogP contribution in [0, 0.1) is 11.6 Å². The molecule has 1 aromatic carbocycles. The summed E-state index contributed by atoms with van der Waals surface area (Å²) in [7, 11) is 0.0960. The summed E-state index contributed by atoms with van der Waals surface area (Å²) < 4.78 is 53.5. The summed E-state index contributed by atoms with van der Waals surface area (Å²) in [4.78, 5) is 2.63. The van der Waals surface area contributed by atoms with Crippen molar-refractivity contribution in [2.45, 2.75) is 11.3 Å². The van der Waals surface area contributed by atoms with Crippen molar-refractivity contribution in [1.82, 2.24) is 14.5 Å². The molecule has 10 heteroatoms. The van der Waals surface area contributed by atoms with Gasteiger partial charge in [-0.3, -0.25) is 0 Å². The highest BCUT2D eigenvalue weighted by Gasteiger charge is 2.31. The van der Waals surface area contributed by atoms with Gasteiger partial charge in [0.05, 0.1) is 20.6 Å². The molecule has 1 heterocycles. The van der Waals surface area contributed by atoms with E-state index in [0.717, 1.165) is 37.7 Å². The maximum Gasteiger partial charge on any atom is 0.246 e. The van der Waals surface area contributed by atoms with Gasteiger partial charge in [-0.15, -0.1) is 0 Å². The van der Waals surface area contributed by atoms with Gasteiger partial charge in [0.25, 0.3) is 0 Å². The number of hydrogen-bond acceptors (Lipinski definition) is 3. The van der Waals surface area contributed by atoms with Crippen LogP contribution in [0.4, 0.5) is 8.78 Å². The third kappa shape index (κ3) is 5.32. The average Bonchev–Trinajstić information content (AvgIpc) is 2.60. The number of quaternary nitrogens is 1. The molecule has 26 heavy (non-hydrogen) atoms. The first-order chi connectivity index (χ1) is 12.2. The summed E-state index contributed by atoms with van der Waals surface area (Å²) in [6, 6.07) is 2.44. The first kappa shape index (κ1) is 20.9. The monoisotopic (exact) mass is 407 g/mol. The van der Waals surface area contributed by atoms with Gasteiger partial charge < -0.3 is 15.1 Å². The number of rotatable bonds is 6. The number of sulfonamides is 1. The van der Waals surface area contributed by atoms with Gasteiger partial charge in [0.15, 0.2) is 5.11 Å². The van der Waals surface area contributed by atoms with Gasteiger partial charge in [0.1, 0.15) is 16.5 Å². The van der Waals surface area contributed by atoms with E-state index >= 15 is 0 Å². The number of halogens is 2. The van der Waals surface area contributed by atoms with Crippen LogP contribution in [0.2, 0.25) is 0 Å². The van der Waals surface area contributed by atoms with E-state index in [2.05, 4.69) is 19.4 Å². The standard InChI is InChI=1S/C16H24F2N4O2S2/c1-20(2)7-3-6-19-16(25)21-8-10-22(11-9-21)26(23,24)15-12-13(17)4-5-14(15)18/h4-5,12H,3,6-11H2,1-2H3,(H,19,25)/p+1. The lowest BCUT2D eigenvalue weighted by atomic mass is 10.3. The zero-order valence-electron chi connectivity index (χ0n) is 15.0. The first-order valence-corrected chi connectivity index (χ1v) is 10.3. The average molecular weight is 408 g/mol. The van der Waals surface area contributed by atoms with Gasteiger partial charge >= 0.3 is 0 Å². The van der Waals surface area contributed by atoms with Gasteiger partial charge in [-0.05, 0) is 30.4 Å². The number of thiocarbonyl (C=S) groups is 1. The van der Waals surface area contributed by atoms with Crippen LogP contribution in [0.1, 0.15) is 6.42 Å². The molecule has 146 valence electrons. The Morgan fingerprint density at radius 3 is 2.50 bits per heavy atom. The molecule has 0 atom stereocenters. The summed E-state index contributed by atoms with van der Waals surface area (Å²) in [5.74, 6) is -1.73. The molecule has 0 unspecified atom stereocenters. The van der Waals surface area contributed by atoms with Gasteiger partial charge in [-0.25, -0.2) is 17.2 Å². The molecule has 0 radical (unpaired) electrons. The van der Waals surface area contributed by atoms with Crippen molar-refractivity contribution in [3.63, 3.8) is 0 Å². The molecule has 1 aromatic rings. The maximum absolute atomic E-state index is 13.8. The Morgan fingerprint density at radius 2 is 1.88 bits per heavy atom. The molecule has 0 saturated carbocycles. The van der Waals surface area contributed by atoms with Crippen molar-refractivity contribution >= 4 is 27.4 Å². The molecule has 0 bridgehead atoms. The lowest BCUT2D eigenvalue weighted by Gasteiger charge is -2.35. The number of benzene rings is 1. The maximum atomic E-state index is 13.8. The third-order valence-corrected chi connectivity index (χ3v) is 6.48. The van der Waals surface area contributed by atoms with Crippen molar-refractivity contribution in [3.05, 3.63) is 29.8 Å². The summed E-state index contributed by atoms with van der Waals surface area (Å²) in [6.07, 6.45) is 0.982. The van der Waals surface area contributed by atoms with E-state index in [1.165, 1.54) is 9.21 Å². The Hall–Kier alpha value is -1.36. The smallest absolute Gasteiger partial charge is 0.246 e. The first-order valence-electron chi connectivity index (χ1n) is 8.49. The van der Waals surface area contributed by atoms with E-state index in [1.54, 1.807) is 0 Å². The lowest BCUT2D eigenvalue weighted by Crippen LogP contribution is -3.05. The third-order valence-electron chi connectivity index (χ3n) is 4.17. The van der Waals surface area contributed by atoms with E-state index in [-0.39, 0.29) is 13.1 Å². The van der Waals surface area contributed by atoms with Crippen LogP contribution < -0.4 is 10.2 Å². The van der Waals surface area contributed by atoms with Crippen molar-refractivity contribution in [2.75, 3.05) is 53.4 Å². The van der Waals surface area contributed by atoms with Crippen molar-refractivity contribution in [3.8, 4) is 0 Å². The SMILES string of the molecule is C[NH+](C)CCCNC(=S)N1CCN(S(=O)(=O)c2cc(F)ccc2F)CC1. The molecule has 2 N–H and O–H groups in total. The van der Waals surface area contributed by atoms with E-state index in [9.17, 15) is 17.2 Å². The molecule has 0 spiro atoms. The molecular formula is C16H25F2N4O2S2+. The minimum absolute atomic E-state index is 0.169. The van der Waals surface area contributed by atoms with Crippen LogP contribution in [0.3, 0.4) is 0 Å². The van der Waals surface area contributed by atoms with Crippen LogP contribution >= 0.6 is 12.2 Å². The Balaban J connectivity index is 1.91. The number of nitrogens with zero attached hydrogens (tertiary/aromatic N) is 2. The largest absolute Gasteiger partial charge is 0.362 e. The Labute approximate surface area is 158 Å². The van der Waals surface area contributed by atoms with Crippen LogP contribution in [-0.4, -0.2) is 76.1 Å². The van der Waals surface area contributed by atoms with Gasteiger partial charge in [-0.1, -0.05) is 0 Å². The molecule has 1 fully saturated rings. The Morgan fingerprint density at radius 1 is 1.23 bits per heavy atom. The topological polar surface area (TPSA) is 57.1 Å². The highest BCUT2D eigenvalue weighted by Crippen LogP contribution is 2.21. The van der Waals surface area contributed by atoms with E-state index in [1.807, 2.05) is 4.90 Å². The minimum atomic E-state index is -4.07. The van der Waals surface area contributed by atoms with E-state index in [4.69, 9.17) is 12.2 Å². The zero-order valence-corrected chi connectivity index (χ0v) is 16.6. The summed E-state index contributed by atoms with van der Waals surface area (Å²) in [5.41, 5.74) is 0. The molecule has 0 aliphatic carbocycles. The molecule has 1 aliphatic rings. The quantitative estimate of drug-likeness (QED) is 0.500.